The molecule has 4 saturated carbocycles. The molecule has 0 spiro atoms. The van der Waals surface area contributed by atoms with Crippen molar-refractivity contribution in [2.24, 2.45) is 16.2 Å². The van der Waals surface area contributed by atoms with Crippen LogP contribution in [0.1, 0.15) is 108 Å². The number of methoxy groups -OCH3 is 1. The van der Waals surface area contributed by atoms with E-state index in [1.165, 1.54) is 23.5 Å². The van der Waals surface area contributed by atoms with Crippen molar-refractivity contribution in [3.8, 4) is 33.9 Å². The fourth-order valence-electron chi connectivity index (χ4n) is 19.6. The van der Waals surface area contributed by atoms with E-state index in [1.807, 2.05) is 60.1 Å². The van der Waals surface area contributed by atoms with Crippen molar-refractivity contribution < 1.29 is 148 Å². The van der Waals surface area contributed by atoms with E-state index in [9.17, 15) is 72.1 Å². The summed E-state index contributed by atoms with van der Waals surface area (Å²) in [5.41, 5.74) is 3.46. The Morgan fingerprint density at radius 2 is 1.22 bits per heavy atom. The van der Waals surface area contributed by atoms with Crippen molar-refractivity contribution in [3.63, 3.8) is 0 Å². The number of para-hydroxylation sites is 1. The molecule has 8 aromatic rings. The van der Waals surface area contributed by atoms with Gasteiger partial charge in [0, 0.05) is 85.4 Å². The molecule has 5 heterocycles. The Bertz CT molecular complexity index is 5560. The number of amides is 5. The van der Waals surface area contributed by atoms with Crippen LogP contribution in [0.3, 0.4) is 0 Å². The van der Waals surface area contributed by atoms with E-state index < -0.39 is 107 Å². The third-order valence-electron chi connectivity index (χ3n) is 25.0. The molecule has 0 radical (unpaired) electrons. The molecule has 5 fully saturated rings. The molecule has 14 rings (SSSR count). The fourth-order valence-corrected chi connectivity index (χ4v) is 20.9. The first-order chi connectivity index (χ1) is 67.5. The topological polar surface area (TPSA) is 497 Å². The highest BCUT2D eigenvalue weighted by molar-refractivity contribution is 7.85. The van der Waals surface area contributed by atoms with Crippen molar-refractivity contribution in [2.45, 2.75) is 140 Å². The van der Waals surface area contributed by atoms with Gasteiger partial charge in [-0.3, -0.25) is 38.6 Å². The van der Waals surface area contributed by atoms with Crippen LogP contribution in [0.5, 0.6) is 11.5 Å². The molecular formula is C99H126N8O31S2. The number of aryl methyl sites for hydroxylation is 1. The number of carboxylic acids is 2. The Morgan fingerprint density at radius 3 is 1.81 bits per heavy atom. The van der Waals surface area contributed by atoms with E-state index in [1.54, 1.807) is 67.9 Å². The first-order valence-corrected chi connectivity index (χ1v) is 49.4. The van der Waals surface area contributed by atoms with E-state index in [0.29, 0.717) is 233 Å². The molecule has 6 aliphatic rings. The predicted molar refractivity (Wildman–Crippen MR) is 509 cm³/mol. The Labute approximate surface area is 815 Å². The number of pyridine rings is 1. The minimum absolute atomic E-state index is 0.0241. The van der Waals surface area contributed by atoms with Crippen LogP contribution < -0.4 is 20.1 Å². The maximum Gasteiger partial charge on any atom is 0.410 e. The van der Waals surface area contributed by atoms with E-state index >= 15 is 0 Å². The van der Waals surface area contributed by atoms with Crippen molar-refractivity contribution in [1.82, 2.24) is 34.9 Å². The number of aliphatic carboxylic acids is 1. The van der Waals surface area contributed by atoms with Crippen LogP contribution in [0.4, 0.5) is 9.93 Å². The summed E-state index contributed by atoms with van der Waals surface area (Å²) in [7, 11) is -3.02. The largest absolute Gasteiger partial charge is 0.491 e. The van der Waals surface area contributed by atoms with Crippen LogP contribution in [0.15, 0.2) is 134 Å². The Kier molecular flexibility index (Phi) is 39.3. The van der Waals surface area contributed by atoms with Crippen LogP contribution in [0.2, 0.25) is 0 Å². The Hall–Kier alpha value is -10.5. The zero-order valence-corrected chi connectivity index (χ0v) is 80.8. The van der Waals surface area contributed by atoms with Gasteiger partial charge < -0.3 is 112 Å². The summed E-state index contributed by atoms with van der Waals surface area (Å²) in [5, 5.41) is 65.9. The lowest BCUT2D eigenvalue weighted by Gasteiger charge is -2.69. The third kappa shape index (κ3) is 30.3. The van der Waals surface area contributed by atoms with Gasteiger partial charge in [-0.1, -0.05) is 85.8 Å². The lowest BCUT2D eigenvalue weighted by molar-refractivity contribution is -0.271. The van der Waals surface area contributed by atoms with E-state index in [0.717, 1.165) is 62.5 Å². The van der Waals surface area contributed by atoms with Gasteiger partial charge in [0.15, 0.2) is 16.9 Å². The quantitative estimate of drug-likeness (QED) is 0.0100. The van der Waals surface area contributed by atoms with Gasteiger partial charge in [-0.05, 0) is 157 Å². The fraction of sp³-hybridized carbons (Fsp3) is 0.535. The average molecular weight is 1990 g/mol. The van der Waals surface area contributed by atoms with Gasteiger partial charge in [-0.15, -0.1) is 0 Å². The summed E-state index contributed by atoms with van der Waals surface area (Å²) < 4.78 is 128. The van der Waals surface area contributed by atoms with Crippen molar-refractivity contribution in [2.75, 3.05) is 190 Å². The number of rotatable bonds is 62. The van der Waals surface area contributed by atoms with Crippen molar-refractivity contribution in [1.29, 1.82) is 0 Å². The highest BCUT2D eigenvalue weighted by Crippen LogP contribution is 2.72. The summed E-state index contributed by atoms with van der Waals surface area (Å²) >= 11 is 1.37. The molecule has 8 N–H and O–H groups in total. The average Bonchev–Trinajstić information content (AvgIpc) is 0.795. The minimum Gasteiger partial charge on any atom is -0.491 e. The molecule has 3 aromatic heterocycles. The lowest BCUT2D eigenvalue weighted by atomic mass is 9.39. The molecule has 1 saturated heterocycles. The van der Waals surface area contributed by atoms with Gasteiger partial charge in [0.1, 0.15) is 49.1 Å². The standard InChI is InChI=1S/C99H126N8O31S2/c1-66-76(73-23-24-77(102-84(73)91(115)116)70-20-19-69-11-9-12-74(75(69)56-70)89(113)104-94-103-78-13-5-6-14-81(78)139-94)57-101-106(66)65-98-60-96(2)59-97(3,61-98)63-99(62-96,64-98)136-30-28-105(29-53-140(120,121)122)95(119)135-58-71-18-15-67(55-80(71)137-93-87(112)85(110)86(111)88(138-93)92(117)118)10-7-8-27-100-90(114)79(107-82(108)25-26-83(107)109)54-68-16-21-72(22-17-68)134-52-51-133-50-49-132-48-47-131-46-45-130-44-43-129-42-41-128-40-39-127-38-37-126-36-35-125-34-33-124-32-31-123-4/h5-6,9,11-26,55-57,79,85-88,93,110-112H,7-8,10,27-54,58-65H2,1-4H3,(H,100,114)(H,115,116)(H,117,118)(H,103,104,113)(H,120,121,122)/t79?,85-,86-,87+,88-,93+,96?,97?,98?,99?/m0/s1. The molecule has 3 unspecified atom stereocenters. The predicted octanol–water partition coefficient (Wildman–Crippen LogP) is 8.73. The van der Waals surface area contributed by atoms with Gasteiger partial charge in [-0.25, -0.2) is 24.4 Å². The van der Waals surface area contributed by atoms with Gasteiger partial charge in [0.2, 0.25) is 12.2 Å². The number of aromatic carboxylic acids is 1. The first-order valence-electron chi connectivity index (χ1n) is 47.0. The highest BCUT2D eigenvalue weighted by atomic mass is 32.2. The Balaban J connectivity index is 0.551. The molecule has 39 nitrogen and oxygen atoms in total. The number of nitrogens with zero attached hydrogens (tertiary/aromatic N) is 6. The molecule has 5 amide bonds. The number of hydrogen-bond acceptors (Lipinski definition) is 32. The van der Waals surface area contributed by atoms with Crippen molar-refractivity contribution >= 4 is 89.2 Å². The molecule has 760 valence electrons. The lowest BCUT2D eigenvalue weighted by Crippen LogP contribution is -2.64. The number of hydrogen-bond donors (Lipinski definition) is 8. The number of carbonyl (C=O) groups excluding carboxylic acids is 5. The Morgan fingerprint density at radius 1 is 0.621 bits per heavy atom. The molecule has 2 aliphatic heterocycles. The second-order valence-electron chi connectivity index (χ2n) is 36.2. The number of nitrogens with one attached hydrogen (secondary N) is 2. The molecule has 140 heavy (non-hydrogen) atoms. The van der Waals surface area contributed by atoms with E-state index in [4.69, 9.17) is 85.9 Å². The summed E-state index contributed by atoms with van der Waals surface area (Å²) in [4.78, 5) is 105. The number of benzene rings is 5. The molecule has 8 atom stereocenters. The second kappa shape index (κ2) is 51.5. The van der Waals surface area contributed by atoms with Crippen molar-refractivity contribution in [3.05, 3.63) is 167 Å². The second-order valence-corrected chi connectivity index (χ2v) is 38.8. The highest BCUT2D eigenvalue weighted by Gasteiger charge is 2.66. The number of thiazole rings is 1. The minimum atomic E-state index is -4.65. The van der Waals surface area contributed by atoms with Crippen LogP contribution in [0.25, 0.3) is 43.4 Å². The molecule has 41 heteroatoms. The van der Waals surface area contributed by atoms with Crippen LogP contribution in [0, 0.1) is 23.2 Å². The molecule has 5 aromatic carbocycles. The summed E-state index contributed by atoms with van der Waals surface area (Å²) in [6.45, 7) is 15.0. The number of carboxylic acid groups (broad SMARTS) is 2. The number of aromatic nitrogens is 4. The monoisotopic (exact) mass is 1990 g/mol. The zero-order chi connectivity index (χ0) is 99.2. The van der Waals surface area contributed by atoms with Gasteiger partial charge in [-0.2, -0.15) is 13.5 Å². The van der Waals surface area contributed by atoms with E-state index in [2.05, 4.69) is 29.5 Å². The number of ether oxygens (including phenoxy) is 16. The zero-order valence-electron chi connectivity index (χ0n) is 79.1. The molecule has 4 bridgehead atoms. The maximum absolute atomic E-state index is 14.4. The van der Waals surface area contributed by atoms with Crippen LogP contribution in [-0.4, -0.2) is 337 Å². The van der Waals surface area contributed by atoms with Gasteiger partial charge >= 0.3 is 18.0 Å². The summed E-state index contributed by atoms with van der Waals surface area (Å²) in [6.07, 6.45) is -1.65. The molecule has 4 aliphatic carbocycles. The number of anilines is 1. The normalized spacial score (nSPS) is 21.2. The summed E-state index contributed by atoms with van der Waals surface area (Å²) in [6, 6.07) is 32.4. The number of unbranched alkanes of at least 4 members (excludes halogenated alkanes) is 1. The number of carbonyl (C=O) groups is 7. The van der Waals surface area contributed by atoms with Crippen LogP contribution in [-0.2, 0) is 122 Å². The number of fused-ring (bicyclic) bond motifs is 2. The van der Waals surface area contributed by atoms with E-state index in [-0.39, 0.29) is 78.5 Å². The number of aliphatic hydroxyl groups is 3. The SMILES string of the molecule is COCCOCCOCCOCCOCCOCCOCCOCCOCCOCCOCCOc1ccc(CC(C(=O)NCCCCc2ccc(COC(=O)N(CCOC34CC5(C)CC(C)(CC(Cn6ncc(-c7ccc(-c8ccc9cccc(C(=O)Nc%10nc%11ccccc%11s%10)c9c8)nc7C(=O)O)c6C)(C5)C3)C4)CCS(=O)(=O)O)c(O[C@@H]3O[C@H](C(=O)O)[C@@H](O)[C@H](O)[C@H]3O)c2)N2C(=O)C=CC2=O)cc1. The maximum atomic E-state index is 14.4. The van der Waals surface area contributed by atoms with Gasteiger partial charge in [0.25, 0.3) is 27.8 Å². The number of imide groups is 1. The smallest absolute Gasteiger partial charge is 0.410 e. The van der Waals surface area contributed by atoms with Crippen LogP contribution >= 0.6 is 11.3 Å². The van der Waals surface area contributed by atoms with Gasteiger partial charge in [0.05, 0.1) is 179 Å². The number of aliphatic hydroxyl groups excluding tert-OH is 3. The first kappa shape index (κ1) is 107. The summed E-state index contributed by atoms with van der Waals surface area (Å²) in [5.74, 6) is -5.64. The third-order valence-corrected chi connectivity index (χ3v) is 26.7. The molecular weight excluding hydrogens is 1860 g/mol.